The molecule has 0 radical (unpaired) electrons. The van der Waals surface area contributed by atoms with Crippen LogP contribution in [0.3, 0.4) is 0 Å². The van der Waals surface area contributed by atoms with Crippen LogP contribution in [0.1, 0.15) is 31.4 Å². The van der Waals surface area contributed by atoms with Crippen LogP contribution in [-0.2, 0) is 4.79 Å². The van der Waals surface area contributed by atoms with Crippen molar-refractivity contribution in [1.82, 2.24) is 0 Å². The summed E-state index contributed by atoms with van der Waals surface area (Å²) in [4.78, 5) is 13.7. The Morgan fingerprint density at radius 2 is 1.79 bits per heavy atom. The molecule has 1 atom stereocenters. The summed E-state index contributed by atoms with van der Waals surface area (Å²) >= 11 is 1.72. The highest BCUT2D eigenvalue weighted by molar-refractivity contribution is 7.99. The monoisotopic (exact) mass is 343 g/mol. The molecule has 3 nitrogen and oxygen atoms in total. The number of ether oxygens (including phenoxy) is 1. The first kappa shape index (κ1) is 18.4. The van der Waals surface area contributed by atoms with Crippen molar-refractivity contribution in [2.45, 2.75) is 45.1 Å². The van der Waals surface area contributed by atoms with Crippen LogP contribution in [0.4, 0.5) is 5.69 Å². The molecule has 0 saturated heterocycles. The van der Waals surface area contributed by atoms with Crippen LogP contribution < -0.4 is 10.1 Å². The summed E-state index contributed by atoms with van der Waals surface area (Å²) in [6, 6.07) is 13.9. The number of aryl methyl sites for hydroxylation is 2. The van der Waals surface area contributed by atoms with E-state index in [1.807, 2.05) is 57.2 Å². The molecular weight excluding hydrogens is 318 g/mol. The van der Waals surface area contributed by atoms with Gasteiger partial charge in [0.25, 0.3) is 5.91 Å². The lowest BCUT2D eigenvalue weighted by Crippen LogP contribution is -2.32. The predicted octanol–water partition coefficient (Wildman–Crippen LogP) is 5.21. The summed E-state index contributed by atoms with van der Waals surface area (Å²) in [6.07, 6.45) is 0.105. The number of rotatable bonds is 7. The lowest BCUT2D eigenvalue weighted by Gasteiger charge is -2.19. The van der Waals surface area contributed by atoms with E-state index in [1.54, 1.807) is 11.8 Å². The lowest BCUT2D eigenvalue weighted by molar-refractivity contribution is -0.122. The second kappa shape index (κ2) is 8.78. The summed E-state index contributed by atoms with van der Waals surface area (Å²) < 4.78 is 5.94. The Morgan fingerprint density at radius 3 is 2.42 bits per heavy atom. The Kier molecular flexibility index (Phi) is 6.73. The molecule has 1 N–H and O–H groups in total. The molecule has 0 aliphatic heterocycles. The minimum absolute atomic E-state index is 0.110. The molecule has 0 aliphatic rings. The first-order valence-corrected chi connectivity index (χ1v) is 9.29. The fourth-order valence-corrected chi connectivity index (χ4v) is 3.31. The molecule has 0 fully saturated rings. The molecule has 0 unspecified atom stereocenters. The first-order valence-electron chi connectivity index (χ1n) is 8.31. The van der Waals surface area contributed by atoms with E-state index in [2.05, 4.69) is 18.3 Å². The van der Waals surface area contributed by atoms with Gasteiger partial charge < -0.3 is 10.1 Å². The molecule has 0 heterocycles. The molecule has 1 amide bonds. The molecule has 2 rings (SSSR count). The summed E-state index contributed by atoms with van der Waals surface area (Å²) in [6.45, 7) is 8.11. The molecule has 0 aromatic heterocycles. The topological polar surface area (TPSA) is 38.3 Å². The lowest BCUT2D eigenvalue weighted by atomic mass is 10.1. The van der Waals surface area contributed by atoms with Gasteiger partial charge in [0.05, 0.1) is 5.69 Å². The Labute approximate surface area is 148 Å². The van der Waals surface area contributed by atoms with Gasteiger partial charge in [-0.1, -0.05) is 32.0 Å². The Morgan fingerprint density at radius 1 is 1.12 bits per heavy atom. The molecular formula is C20H25NO2S. The fourth-order valence-electron chi connectivity index (χ4n) is 2.55. The quantitative estimate of drug-likeness (QED) is 0.701. The van der Waals surface area contributed by atoms with Crippen molar-refractivity contribution in [3.8, 4) is 5.75 Å². The van der Waals surface area contributed by atoms with Crippen LogP contribution in [0, 0.1) is 13.8 Å². The van der Waals surface area contributed by atoms with Crippen molar-refractivity contribution >= 4 is 23.4 Å². The molecule has 0 bridgehead atoms. The van der Waals surface area contributed by atoms with E-state index in [1.165, 1.54) is 0 Å². The number of carbonyl (C=O) groups excluding carboxylic acids is 1. The maximum atomic E-state index is 12.6. The highest BCUT2D eigenvalue weighted by Gasteiger charge is 2.19. The van der Waals surface area contributed by atoms with E-state index in [-0.39, 0.29) is 5.91 Å². The van der Waals surface area contributed by atoms with Crippen LogP contribution in [-0.4, -0.2) is 17.8 Å². The maximum Gasteiger partial charge on any atom is 0.265 e. The van der Waals surface area contributed by atoms with Crippen molar-refractivity contribution in [2.24, 2.45) is 0 Å². The molecule has 24 heavy (non-hydrogen) atoms. The van der Waals surface area contributed by atoms with Gasteiger partial charge >= 0.3 is 0 Å². The van der Waals surface area contributed by atoms with Gasteiger partial charge in [-0.25, -0.2) is 0 Å². The van der Waals surface area contributed by atoms with Gasteiger partial charge in [-0.05, 0) is 61.4 Å². The van der Waals surface area contributed by atoms with Crippen LogP contribution in [0.2, 0.25) is 0 Å². The number of thioether (sulfide) groups is 1. The van der Waals surface area contributed by atoms with Gasteiger partial charge in [-0.15, -0.1) is 11.8 Å². The van der Waals surface area contributed by atoms with Gasteiger partial charge in [0.15, 0.2) is 6.10 Å². The molecule has 4 heteroatoms. The highest BCUT2D eigenvalue weighted by atomic mass is 32.2. The Hall–Kier alpha value is -1.94. The zero-order valence-electron chi connectivity index (χ0n) is 14.8. The average Bonchev–Trinajstić information content (AvgIpc) is 2.53. The van der Waals surface area contributed by atoms with E-state index < -0.39 is 6.10 Å². The van der Waals surface area contributed by atoms with Crippen LogP contribution in [0.5, 0.6) is 5.75 Å². The fraction of sp³-hybridized carbons (Fsp3) is 0.350. The summed E-state index contributed by atoms with van der Waals surface area (Å²) in [7, 11) is 0. The largest absolute Gasteiger partial charge is 0.481 e. The number of anilines is 1. The molecule has 0 saturated carbocycles. The van der Waals surface area contributed by atoms with Crippen molar-refractivity contribution in [3.63, 3.8) is 0 Å². The molecule has 2 aromatic rings. The van der Waals surface area contributed by atoms with Gasteiger partial charge in [0.1, 0.15) is 5.75 Å². The van der Waals surface area contributed by atoms with E-state index in [4.69, 9.17) is 4.74 Å². The number of carbonyl (C=O) groups is 1. The van der Waals surface area contributed by atoms with Crippen LogP contribution >= 0.6 is 11.8 Å². The number of amides is 1. The maximum absolute atomic E-state index is 12.6. The normalized spacial score (nSPS) is 11.8. The summed E-state index contributed by atoms with van der Waals surface area (Å²) in [5, 5.41) is 3.01. The number of benzene rings is 2. The zero-order chi connectivity index (χ0) is 17.5. The standard InChI is InChI=1S/C20H25NO2S/c1-5-18(23-16-12-14(3)11-15(4)13-16)20(22)21-17-9-7-8-10-19(17)24-6-2/h7-13,18H,5-6H2,1-4H3,(H,21,22)/t18-/m0/s1. The zero-order valence-corrected chi connectivity index (χ0v) is 15.6. The van der Waals surface area contributed by atoms with Gasteiger partial charge in [0, 0.05) is 4.90 Å². The Bertz CT molecular complexity index is 680. The van der Waals surface area contributed by atoms with E-state index >= 15 is 0 Å². The SMILES string of the molecule is CCSc1ccccc1NC(=O)[C@H](CC)Oc1cc(C)cc(C)c1. The van der Waals surface area contributed by atoms with Crippen molar-refractivity contribution in [1.29, 1.82) is 0 Å². The van der Waals surface area contributed by atoms with Crippen LogP contribution in [0.15, 0.2) is 47.4 Å². The third-order valence-corrected chi connectivity index (χ3v) is 4.54. The smallest absolute Gasteiger partial charge is 0.265 e. The predicted molar refractivity (Wildman–Crippen MR) is 102 cm³/mol. The van der Waals surface area contributed by atoms with Gasteiger partial charge in [-0.3, -0.25) is 4.79 Å². The second-order valence-electron chi connectivity index (χ2n) is 5.76. The van der Waals surface area contributed by atoms with E-state index in [0.717, 1.165) is 33.2 Å². The van der Waals surface area contributed by atoms with Gasteiger partial charge in [-0.2, -0.15) is 0 Å². The number of para-hydroxylation sites is 1. The molecule has 0 aliphatic carbocycles. The summed E-state index contributed by atoms with van der Waals surface area (Å²) in [5.41, 5.74) is 3.10. The minimum atomic E-state index is -0.508. The Balaban J connectivity index is 2.11. The van der Waals surface area contributed by atoms with E-state index in [9.17, 15) is 4.79 Å². The molecule has 2 aromatic carbocycles. The first-order chi connectivity index (χ1) is 11.5. The number of nitrogens with one attached hydrogen (secondary N) is 1. The van der Waals surface area contributed by atoms with Gasteiger partial charge in [0.2, 0.25) is 0 Å². The molecule has 0 spiro atoms. The minimum Gasteiger partial charge on any atom is -0.481 e. The van der Waals surface area contributed by atoms with Crippen molar-refractivity contribution in [3.05, 3.63) is 53.6 Å². The van der Waals surface area contributed by atoms with Crippen molar-refractivity contribution < 1.29 is 9.53 Å². The summed E-state index contributed by atoms with van der Waals surface area (Å²) in [5.74, 6) is 1.59. The third-order valence-electron chi connectivity index (χ3n) is 3.58. The number of hydrogen-bond donors (Lipinski definition) is 1. The third kappa shape index (κ3) is 5.03. The highest BCUT2D eigenvalue weighted by Crippen LogP contribution is 2.27. The number of hydrogen-bond acceptors (Lipinski definition) is 3. The second-order valence-corrected chi connectivity index (χ2v) is 7.06. The van der Waals surface area contributed by atoms with E-state index in [0.29, 0.717) is 6.42 Å². The average molecular weight is 343 g/mol. The van der Waals surface area contributed by atoms with Crippen molar-refractivity contribution in [2.75, 3.05) is 11.1 Å². The molecule has 128 valence electrons. The van der Waals surface area contributed by atoms with Crippen LogP contribution in [0.25, 0.3) is 0 Å².